The molecule has 1 aromatic rings. The summed E-state index contributed by atoms with van der Waals surface area (Å²) < 4.78 is 10.2. The molecule has 0 aliphatic rings. The molecule has 24 heavy (non-hydrogen) atoms. The van der Waals surface area contributed by atoms with Crippen molar-refractivity contribution >= 4 is 23.8 Å². The summed E-state index contributed by atoms with van der Waals surface area (Å²) in [5, 5.41) is 3.19. The first-order valence-corrected chi connectivity index (χ1v) is 7.12. The zero-order valence-corrected chi connectivity index (χ0v) is 13.1. The maximum atomic E-state index is 11.2. The number of aryl methyl sites for hydroxylation is 1. The summed E-state index contributed by atoms with van der Waals surface area (Å²) in [6.07, 6.45) is 3.20. The van der Waals surface area contributed by atoms with Gasteiger partial charge in [0.2, 0.25) is 11.9 Å². The molecule has 0 aromatic carbocycles. The van der Waals surface area contributed by atoms with E-state index in [0.717, 1.165) is 24.0 Å². The fraction of sp³-hybridized carbons (Fsp3) is 0.545. The van der Waals surface area contributed by atoms with Crippen molar-refractivity contribution < 1.29 is 9.05 Å². The largest absolute Gasteiger partial charge is 0.560 e. The van der Waals surface area contributed by atoms with Crippen LogP contribution in [0.15, 0.2) is 23.8 Å². The smallest absolute Gasteiger partial charge is 0.370 e. The van der Waals surface area contributed by atoms with Gasteiger partial charge >= 0.3 is 5.82 Å². The molecule has 1 rings (SSSR count). The lowest BCUT2D eigenvalue weighted by molar-refractivity contribution is 0.149. The number of rotatable bonds is 7. The molecule has 13 nitrogen and oxygen atoms in total. The number of anilines is 2. The van der Waals surface area contributed by atoms with E-state index in [2.05, 4.69) is 24.6 Å². The highest BCUT2D eigenvalue weighted by atomic mass is 16.6. The van der Waals surface area contributed by atoms with Gasteiger partial charge < -0.3 is 33.2 Å². The average Bonchev–Trinajstić information content (AvgIpc) is 2.49. The highest BCUT2D eigenvalue weighted by molar-refractivity contribution is 5.92. The summed E-state index contributed by atoms with van der Waals surface area (Å²) in [4.78, 5) is 22.5. The minimum Gasteiger partial charge on any atom is -0.370 e. The van der Waals surface area contributed by atoms with Gasteiger partial charge in [-0.2, -0.15) is 19.5 Å². The Kier molecular flexibility index (Phi) is 7.60. The van der Waals surface area contributed by atoms with E-state index >= 15 is 0 Å². The molecule has 0 amide bonds. The molecule has 0 aliphatic carbocycles. The van der Waals surface area contributed by atoms with Gasteiger partial charge in [-0.25, -0.2) is 0 Å². The molecule has 0 spiro atoms. The molecule has 1 heterocycles. The third-order valence-corrected chi connectivity index (χ3v) is 2.67. The Labute approximate surface area is 136 Å². The zero-order valence-electron chi connectivity index (χ0n) is 13.1. The van der Waals surface area contributed by atoms with Crippen molar-refractivity contribution in [2.75, 3.05) is 18.0 Å². The van der Waals surface area contributed by atoms with E-state index in [9.17, 15) is 4.79 Å². The topological polar surface area (TPSA) is 229 Å². The molecule has 0 fully saturated rings. The van der Waals surface area contributed by atoms with Gasteiger partial charge in [0.25, 0.3) is 5.95 Å². The van der Waals surface area contributed by atoms with E-state index in [-0.39, 0.29) is 23.8 Å². The Morgan fingerprint density at radius 2 is 1.83 bits per heavy atom. The van der Waals surface area contributed by atoms with E-state index in [1.54, 1.807) is 0 Å². The van der Waals surface area contributed by atoms with Crippen LogP contribution in [0.4, 0.5) is 11.9 Å². The molecule has 0 aliphatic heterocycles. The molecule has 0 saturated heterocycles. The molecule has 1 aromatic heterocycles. The standard InChI is InChI=1S/C11H22N10O3/c12-7(13)18-8(14)17-5-3-1-2-4-6-21-10(16)19-9(15)20-23-11(22)24-21/h1-6H2,(H4,15,16,19,20)(H6,12,13,14,17,18). The minimum absolute atomic E-state index is 0.0470. The summed E-state index contributed by atoms with van der Waals surface area (Å²) in [6.45, 7) is 0.836. The summed E-state index contributed by atoms with van der Waals surface area (Å²) in [7, 11) is 0. The molecule has 0 saturated carbocycles. The first-order chi connectivity index (χ1) is 11.4. The normalized spacial score (nSPS) is 11.1. The SMILES string of the molecule is NC(N)=NC(N)=NCCCCCCn1oc(=O)onc(N)nc1N. The lowest BCUT2D eigenvalue weighted by atomic mass is 10.2. The van der Waals surface area contributed by atoms with Gasteiger partial charge in [-0.05, 0) is 18.0 Å². The maximum Gasteiger partial charge on any atom is 0.560 e. The van der Waals surface area contributed by atoms with Crippen molar-refractivity contribution in [3.8, 4) is 0 Å². The maximum absolute atomic E-state index is 11.2. The molecule has 0 bridgehead atoms. The number of hydrogen-bond donors (Lipinski definition) is 5. The van der Waals surface area contributed by atoms with Gasteiger partial charge in [0.1, 0.15) is 0 Å². The predicted octanol–water partition coefficient (Wildman–Crippen LogP) is -1.74. The van der Waals surface area contributed by atoms with E-state index in [1.807, 2.05) is 0 Å². The van der Waals surface area contributed by atoms with Crippen molar-refractivity contribution in [3.05, 3.63) is 10.6 Å². The second-order valence-electron chi connectivity index (χ2n) is 4.64. The van der Waals surface area contributed by atoms with E-state index in [0.29, 0.717) is 19.5 Å². The number of unbranched alkanes of at least 4 members (excludes halogenated alkanes) is 3. The van der Waals surface area contributed by atoms with Crippen molar-refractivity contribution in [1.29, 1.82) is 0 Å². The number of nitrogens with zero attached hydrogens (tertiary/aromatic N) is 5. The van der Waals surface area contributed by atoms with Crippen LogP contribution in [0.1, 0.15) is 25.7 Å². The number of nitrogens with two attached hydrogens (primary N) is 5. The first-order valence-electron chi connectivity index (χ1n) is 7.12. The van der Waals surface area contributed by atoms with Crippen LogP contribution in [0.5, 0.6) is 0 Å². The summed E-state index contributed by atoms with van der Waals surface area (Å²) in [5.74, 6) is -1.48. The molecule has 13 heteroatoms. The Morgan fingerprint density at radius 3 is 2.54 bits per heavy atom. The lowest BCUT2D eigenvalue weighted by Gasteiger charge is -2.05. The fourth-order valence-corrected chi connectivity index (χ4v) is 1.67. The van der Waals surface area contributed by atoms with Crippen molar-refractivity contribution in [2.45, 2.75) is 32.2 Å². The fourth-order valence-electron chi connectivity index (χ4n) is 1.67. The third-order valence-electron chi connectivity index (χ3n) is 2.67. The molecular weight excluding hydrogens is 320 g/mol. The minimum atomic E-state index is -1.04. The lowest BCUT2D eigenvalue weighted by Crippen LogP contribution is -2.26. The number of aromatic nitrogens is 3. The number of nitrogen functional groups attached to an aromatic ring is 2. The summed E-state index contributed by atoms with van der Waals surface area (Å²) in [5.41, 5.74) is 26.8. The molecule has 0 atom stereocenters. The molecule has 0 radical (unpaired) electrons. The number of aliphatic imine (C=N–C) groups is 2. The van der Waals surface area contributed by atoms with Crippen LogP contribution < -0.4 is 34.5 Å². The second-order valence-corrected chi connectivity index (χ2v) is 4.64. The van der Waals surface area contributed by atoms with E-state index in [1.165, 1.54) is 0 Å². The Morgan fingerprint density at radius 1 is 1.12 bits per heavy atom. The molecule has 0 unspecified atom stereocenters. The summed E-state index contributed by atoms with van der Waals surface area (Å²) >= 11 is 0. The van der Waals surface area contributed by atoms with Gasteiger partial charge in [0.15, 0.2) is 5.96 Å². The summed E-state index contributed by atoms with van der Waals surface area (Å²) in [6, 6.07) is 0. The average molecular weight is 342 g/mol. The van der Waals surface area contributed by atoms with Crippen LogP contribution in [0, 0.1) is 0 Å². The Hall–Kier alpha value is -3.25. The van der Waals surface area contributed by atoms with Crippen molar-refractivity contribution in [3.63, 3.8) is 0 Å². The van der Waals surface area contributed by atoms with Gasteiger partial charge in [0.05, 0.1) is 6.54 Å². The van der Waals surface area contributed by atoms with E-state index < -0.39 is 5.82 Å². The first kappa shape index (κ1) is 18.8. The van der Waals surface area contributed by atoms with Crippen LogP contribution in [0.25, 0.3) is 0 Å². The van der Waals surface area contributed by atoms with E-state index in [4.69, 9.17) is 33.2 Å². The number of hydrogen-bond acceptors (Lipinski definition) is 8. The van der Waals surface area contributed by atoms with Crippen LogP contribution in [0.2, 0.25) is 0 Å². The van der Waals surface area contributed by atoms with Gasteiger partial charge in [-0.15, -0.1) is 0 Å². The van der Waals surface area contributed by atoms with Crippen LogP contribution in [0.3, 0.4) is 0 Å². The third kappa shape index (κ3) is 7.67. The second kappa shape index (κ2) is 9.70. The Balaban J connectivity index is 2.42. The van der Waals surface area contributed by atoms with Crippen molar-refractivity contribution in [2.24, 2.45) is 27.2 Å². The van der Waals surface area contributed by atoms with Gasteiger partial charge in [-0.1, -0.05) is 12.8 Å². The Bertz CT molecular complexity index is 681. The quantitative estimate of drug-likeness (QED) is 0.213. The predicted molar refractivity (Wildman–Crippen MR) is 88.0 cm³/mol. The van der Waals surface area contributed by atoms with Gasteiger partial charge in [0, 0.05) is 6.54 Å². The zero-order chi connectivity index (χ0) is 17.9. The number of guanidine groups is 2. The monoisotopic (exact) mass is 342 g/mol. The van der Waals surface area contributed by atoms with Crippen LogP contribution >= 0.6 is 0 Å². The molecule has 134 valence electrons. The van der Waals surface area contributed by atoms with Gasteiger partial charge in [-0.3, -0.25) is 9.52 Å². The molecular formula is C11H22N10O3. The molecule has 10 N–H and O–H groups in total. The highest BCUT2D eigenvalue weighted by Crippen LogP contribution is 2.04. The van der Waals surface area contributed by atoms with Crippen LogP contribution in [-0.2, 0) is 6.54 Å². The van der Waals surface area contributed by atoms with Crippen LogP contribution in [-0.4, -0.2) is 33.3 Å². The highest BCUT2D eigenvalue weighted by Gasteiger charge is 2.01. The van der Waals surface area contributed by atoms with Crippen molar-refractivity contribution in [1.82, 2.24) is 14.9 Å².